The van der Waals surface area contributed by atoms with Crippen molar-refractivity contribution >= 4 is 10.0 Å². The summed E-state index contributed by atoms with van der Waals surface area (Å²) in [5, 5.41) is 0. The van der Waals surface area contributed by atoms with Crippen molar-refractivity contribution in [1.29, 1.82) is 0 Å². The van der Waals surface area contributed by atoms with Gasteiger partial charge in [-0.25, -0.2) is 13.1 Å². The maximum Gasteiger partial charge on any atom is 0.240 e. The van der Waals surface area contributed by atoms with Gasteiger partial charge in [0.25, 0.3) is 0 Å². The molecule has 0 amide bonds. The molecule has 1 N–H and O–H groups in total. The van der Waals surface area contributed by atoms with Crippen LogP contribution in [0.2, 0.25) is 0 Å². The second kappa shape index (κ2) is 8.27. The van der Waals surface area contributed by atoms with Gasteiger partial charge in [0.15, 0.2) is 0 Å². The Kier molecular flexibility index (Phi) is 7.01. The van der Waals surface area contributed by atoms with E-state index >= 15 is 0 Å². The van der Waals surface area contributed by atoms with Crippen LogP contribution in [0.4, 0.5) is 0 Å². The molecule has 0 saturated carbocycles. The van der Waals surface area contributed by atoms with E-state index in [1.807, 2.05) is 13.0 Å². The Morgan fingerprint density at radius 1 is 1.32 bits per heavy atom. The van der Waals surface area contributed by atoms with Crippen molar-refractivity contribution in [3.63, 3.8) is 0 Å². The van der Waals surface area contributed by atoms with Gasteiger partial charge in [0.05, 0.1) is 11.5 Å². The lowest BCUT2D eigenvalue weighted by molar-refractivity contribution is 0.134. The average Bonchev–Trinajstić information content (AvgIpc) is 2.42. The van der Waals surface area contributed by atoms with E-state index in [0.29, 0.717) is 32.8 Å². The van der Waals surface area contributed by atoms with Crippen LogP contribution in [0.3, 0.4) is 0 Å². The van der Waals surface area contributed by atoms with Crippen LogP contribution in [0, 0.1) is 0 Å². The van der Waals surface area contributed by atoms with Crippen molar-refractivity contribution in [3.05, 3.63) is 29.8 Å². The Labute approximate surface area is 115 Å². The lowest BCUT2D eigenvalue weighted by atomic mass is 10.2. The topological polar surface area (TPSA) is 64.6 Å². The normalized spacial score (nSPS) is 11.7. The fourth-order valence-corrected chi connectivity index (χ4v) is 2.67. The fraction of sp³-hybridized carbons (Fsp3) is 0.538. The molecule has 1 aromatic rings. The molecule has 0 aromatic heterocycles. The van der Waals surface area contributed by atoms with Crippen molar-refractivity contribution in [1.82, 2.24) is 4.72 Å². The third kappa shape index (κ3) is 5.69. The van der Waals surface area contributed by atoms with Crippen LogP contribution in [0.1, 0.15) is 18.9 Å². The number of nitrogens with one attached hydrogen (secondary N) is 1. The van der Waals surface area contributed by atoms with Gasteiger partial charge in [-0.05, 0) is 31.0 Å². The zero-order valence-corrected chi connectivity index (χ0v) is 12.2. The first kappa shape index (κ1) is 16.1. The molecule has 0 aliphatic rings. The SMILES string of the molecule is CCOCc1cccc(S(=O)(=O)NCCCOC)c1. The Hall–Kier alpha value is -0.950. The molecule has 108 valence electrons. The van der Waals surface area contributed by atoms with Gasteiger partial charge >= 0.3 is 0 Å². The highest BCUT2D eigenvalue weighted by atomic mass is 32.2. The molecule has 0 radical (unpaired) electrons. The summed E-state index contributed by atoms with van der Waals surface area (Å²) in [5.41, 5.74) is 0.849. The molecule has 0 bridgehead atoms. The highest BCUT2D eigenvalue weighted by Crippen LogP contribution is 2.12. The van der Waals surface area contributed by atoms with Crippen molar-refractivity contribution in [2.75, 3.05) is 26.9 Å². The van der Waals surface area contributed by atoms with Gasteiger partial charge in [-0.15, -0.1) is 0 Å². The monoisotopic (exact) mass is 287 g/mol. The molecule has 0 spiro atoms. The van der Waals surface area contributed by atoms with Crippen molar-refractivity contribution in [2.24, 2.45) is 0 Å². The van der Waals surface area contributed by atoms with Crippen LogP contribution in [0.15, 0.2) is 29.2 Å². The third-order valence-corrected chi connectivity index (χ3v) is 3.96. The predicted octanol–water partition coefficient (Wildman–Crippen LogP) is 1.54. The van der Waals surface area contributed by atoms with Crippen molar-refractivity contribution in [3.8, 4) is 0 Å². The van der Waals surface area contributed by atoms with Crippen molar-refractivity contribution in [2.45, 2.75) is 24.8 Å². The summed E-state index contributed by atoms with van der Waals surface area (Å²) < 4.78 is 36.7. The largest absolute Gasteiger partial charge is 0.385 e. The van der Waals surface area contributed by atoms with Crippen LogP contribution >= 0.6 is 0 Å². The lowest BCUT2D eigenvalue weighted by Gasteiger charge is -2.08. The molecular weight excluding hydrogens is 266 g/mol. The first-order valence-electron chi connectivity index (χ1n) is 6.25. The van der Waals surface area contributed by atoms with E-state index in [1.54, 1.807) is 25.3 Å². The number of ether oxygens (including phenoxy) is 2. The van der Waals surface area contributed by atoms with Crippen LogP contribution in [0.5, 0.6) is 0 Å². The molecule has 0 heterocycles. The Morgan fingerprint density at radius 2 is 2.11 bits per heavy atom. The van der Waals surface area contributed by atoms with Gasteiger partial charge in [-0.2, -0.15) is 0 Å². The standard InChI is InChI=1S/C13H21NO4S/c1-3-18-11-12-6-4-7-13(10-12)19(15,16)14-8-5-9-17-2/h4,6-7,10,14H,3,5,8-9,11H2,1-2H3. The minimum absolute atomic E-state index is 0.266. The molecule has 0 fully saturated rings. The molecule has 0 aliphatic carbocycles. The van der Waals surface area contributed by atoms with Gasteiger partial charge in [-0.1, -0.05) is 12.1 Å². The highest BCUT2D eigenvalue weighted by molar-refractivity contribution is 7.89. The summed E-state index contributed by atoms with van der Waals surface area (Å²) in [4.78, 5) is 0.266. The summed E-state index contributed by atoms with van der Waals surface area (Å²) in [6, 6.07) is 6.78. The van der Waals surface area contributed by atoms with E-state index in [0.717, 1.165) is 5.56 Å². The van der Waals surface area contributed by atoms with Gasteiger partial charge in [0.2, 0.25) is 10.0 Å². The first-order chi connectivity index (χ1) is 9.10. The van der Waals surface area contributed by atoms with E-state index in [2.05, 4.69) is 4.72 Å². The van der Waals surface area contributed by atoms with Crippen LogP contribution in [-0.4, -0.2) is 35.3 Å². The average molecular weight is 287 g/mol. The number of hydrogen-bond acceptors (Lipinski definition) is 4. The van der Waals surface area contributed by atoms with Gasteiger partial charge in [-0.3, -0.25) is 0 Å². The second-order valence-electron chi connectivity index (χ2n) is 4.03. The van der Waals surface area contributed by atoms with Gasteiger partial charge < -0.3 is 9.47 Å². The fourth-order valence-electron chi connectivity index (χ4n) is 1.53. The zero-order chi connectivity index (χ0) is 14.1. The van der Waals surface area contributed by atoms with Crippen LogP contribution in [-0.2, 0) is 26.1 Å². The van der Waals surface area contributed by atoms with E-state index < -0.39 is 10.0 Å². The molecule has 19 heavy (non-hydrogen) atoms. The highest BCUT2D eigenvalue weighted by Gasteiger charge is 2.13. The first-order valence-corrected chi connectivity index (χ1v) is 7.73. The number of rotatable bonds is 9. The van der Waals surface area contributed by atoms with E-state index in [-0.39, 0.29) is 4.90 Å². The lowest BCUT2D eigenvalue weighted by Crippen LogP contribution is -2.25. The summed E-state index contributed by atoms with van der Waals surface area (Å²) in [6.45, 7) is 3.83. The smallest absolute Gasteiger partial charge is 0.240 e. The molecule has 6 heteroatoms. The van der Waals surface area contributed by atoms with E-state index in [1.165, 1.54) is 0 Å². The van der Waals surface area contributed by atoms with E-state index in [4.69, 9.17) is 9.47 Å². The minimum Gasteiger partial charge on any atom is -0.385 e. The molecule has 0 saturated heterocycles. The van der Waals surface area contributed by atoms with E-state index in [9.17, 15) is 8.42 Å². The molecular formula is C13H21NO4S. The number of methoxy groups -OCH3 is 1. The number of benzene rings is 1. The molecule has 1 rings (SSSR count). The minimum atomic E-state index is -3.45. The zero-order valence-electron chi connectivity index (χ0n) is 11.4. The molecule has 0 aliphatic heterocycles. The number of sulfonamides is 1. The quantitative estimate of drug-likeness (QED) is 0.700. The predicted molar refractivity (Wildman–Crippen MR) is 73.5 cm³/mol. The summed E-state index contributed by atoms with van der Waals surface area (Å²) >= 11 is 0. The van der Waals surface area contributed by atoms with Crippen LogP contribution < -0.4 is 4.72 Å². The third-order valence-electron chi connectivity index (χ3n) is 2.50. The van der Waals surface area contributed by atoms with Gasteiger partial charge in [0, 0.05) is 26.9 Å². The maximum atomic E-state index is 12.0. The Balaban J connectivity index is 2.66. The summed E-state index contributed by atoms with van der Waals surface area (Å²) in [7, 11) is -1.86. The maximum absolute atomic E-state index is 12.0. The molecule has 1 aromatic carbocycles. The Morgan fingerprint density at radius 3 is 2.79 bits per heavy atom. The molecule has 0 unspecified atom stereocenters. The molecule has 5 nitrogen and oxygen atoms in total. The Bertz CT molecular complexity index is 473. The molecule has 0 atom stereocenters. The summed E-state index contributed by atoms with van der Waals surface area (Å²) in [6.07, 6.45) is 0.647. The van der Waals surface area contributed by atoms with Crippen molar-refractivity contribution < 1.29 is 17.9 Å². The van der Waals surface area contributed by atoms with Gasteiger partial charge in [0.1, 0.15) is 0 Å². The second-order valence-corrected chi connectivity index (χ2v) is 5.80. The number of hydrogen-bond donors (Lipinski definition) is 1. The summed E-state index contributed by atoms with van der Waals surface area (Å²) in [5.74, 6) is 0. The van der Waals surface area contributed by atoms with Crippen LogP contribution in [0.25, 0.3) is 0 Å².